The maximum absolute atomic E-state index is 2.45. The zero-order chi connectivity index (χ0) is 76.5. The first-order chi connectivity index (χ1) is 58.0. The topological polar surface area (TPSA) is 14.8 Å². The fraction of sp³-hybridized carbons (Fsp3) is 0. The summed E-state index contributed by atoms with van der Waals surface area (Å²) in [7, 11) is 0. The van der Waals surface area contributed by atoms with Gasteiger partial charge in [-0.3, -0.25) is 0 Å². The minimum absolute atomic E-state index is 1.20. The fourth-order valence-corrected chi connectivity index (χ4v) is 25.9. The van der Waals surface area contributed by atoms with E-state index in [0.29, 0.717) is 0 Å². The van der Waals surface area contributed by atoms with Crippen LogP contribution < -0.4 is 0 Å². The second-order valence-electron chi connectivity index (χ2n) is 30.5. The number of hydrogen-bond donors (Lipinski definition) is 0. The van der Waals surface area contributed by atoms with Crippen LogP contribution in [0.15, 0.2) is 382 Å². The third kappa shape index (κ3) is 10.6. The molecule has 0 unspecified atom stereocenters. The summed E-state index contributed by atoms with van der Waals surface area (Å²) in [6.45, 7) is 0. The van der Waals surface area contributed by atoms with E-state index in [4.69, 9.17) is 0 Å². The van der Waals surface area contributed by atoms with Crippen molar-refractivity contribution in [3.05, 3.63) is 382 Å². The van der Waals surface area contributed by atoms with Crippen molar-refractivity contribution in [2.45, 2.75) is 0 Å². The van der Waals surface area contributed by atoms with E-state index < -0.39 is 0 Å². The number of hydrogen-bond acceptors (Lipinski definition) is 6. The lowest BCUT2D eigenvalue weighted by Crippen LogP contribution is -1.93. The molecule has 0 atom stereocenters. The molecule has 0 amide bonds. The van der Waals surface area contributed by atoms with Gasteiger partial charge in [0.15, 0.2) is 0 Å². The molecule has 546 valence electrons. The number of aromatic nitrogens is 3. The Bertz CT molecular complexity index is 8700. The van der Waals surface area contributed by atoms with E-state index in [-0.39, 0.29) is 0 Å². The highest BCUT2D eigenvalue weighted by atomic mass is 32.1. The monoisotopic (exact) mass is 1590 g/mol. The van der Waals surface area contributed by atoms with Gasteiger partial charge in [0.25, 0.3) is 0 Å². The van der Waals surface area contributed by atoms with Crippen LogP contribution >= 0.6 is 68.0 Å². The number of thiophene rings is 6. The summed E-state index contributed by atoms with van der Waals surface area (Å²) in [6.07, 6.45) is 0. The third-order valence-corrected chi connectivity index (χ3v) is 30.9. The van der Waals surface area contributed by atoms with Gasteiger partial charge in [0.2, 0.25) is 0 Å². The van der Waals surface area contributed by atoms with E-state index in [2.05, 4.69) is 396 Å². The molecule has 27 rings (SSSR count). The van der Waals surface area contributed by atoms with Crippen LogP contribution in [0.4, 0.5) is 0 Å². The molecule has 0 aliphatic carbocycles. The Labute approximate surface area is 694 Å². The Balaban J connectivity index is 0.0000000980. The summed E-state index contributed by atoms with van der Waals surface area (Å²) in [5.74, 6) is 0. The van der Waals surface area contributed by atoms with Gasteiger partial charge in [-0.15, -0.1) is 68.0 Å². The van der Waals surface area contributed by atoms with Crippen LogP contribution in [0.25, 0.3) is 237 Å². The van der Waals surface area contributed by atoms with E-state index in [1.54, 1.807) is 0 Å². The van der Waals surface area contributed by atoms with Crippen molar-refractivity contribution in [1.29, 1.82) is 0 Å². The predicted molar refractivity (Wildman–Crippen MR) is 516 cm³/mol. The zero-order valence-electron chi connectivity index (χ0n) is 62.7. The summed E-state index contributed by atoms with van der Waals surface area (Å²) in [5, 5.41) is 23.8. The van der Waals surface area contributed by atoms with Gasteiger partial charge < -0.3 is 13.7 Å². The number of nitrogens with zero attached hydrogens (tertiary/aromatic N) is 3. The summed E-state index contributed by atoms with van der Waals surface area (Å²) in [5.41, 5.74) is 19.0. The Morgan fingerprint density at radius 3 is 1.00 bits per heavy atom. The van der Waals surface area contributed by atoms with Gasteiger partial charge in [-0.1, -0.05) is 255 Å². The second kappa shape index (κ2) is 26.6. The minimum atomic E-state index is 1.20. The fourth-order valence-electron chi connectivity index (χ4n) is 18.6. The maximum Gasteiger partial charge on any atom is 0.0734 e. The van der Waals surface area contributed by atoms with Crippen molar-refractivity contribution in [3.63, 3.8) is 0 Å². The molecule has 27 aromatic rings. The molecule has 0 N–H and O–H groups in total. The molecule has 0 aliphatic heterocycles. The zero-order valence-corrected chi connectivity index (χ0v) is 67.6. The van der Waals surface area contributed by atoms with E-state index in [1.165, 1.54) is 237 Å². The van der Waals surface area contributed by atoms with Crippen LogP contribution in [0, 0.1) is 0 Å². The van der Waals surface area contributed by atoms with Crippen LogP contribution in [-0.2, 0) is 0 Å². The first-order valence-electron chi connectivity index (χ1n) is 39.6. The second-order valence-corrected chi connectivity index (χ2v) is 36.9. The smallest absolute Gasteiger partial charge is 0.0734 e. The van der Waals surface area contributed by atoms with Crippen molar-refractivity contribution in [3.8, 4) is 50.4 Å². The van der Waals surface area contributed by atoms with Crippen molar-refractivity contribution in [2.24, 2.45) is 0 Å². The van der Waals surface area contributed by atoms with Crippen LogP contribution in [0.1, 0.15) is 0 Å². The number of para-hydroxylation sites is 6. The van der Waals surface area contributed by atoms with Crippen molar-refractivity contribution >= 4 is 254 Å². The van der Waals surface area contributed by atoms with Gasteiger partial charge in [0.1, 0.15) is 0 Å². The molecule has 0 bridgehead atoms. The van der Waals surface area contributed by atoms with Crippen LogP contribution in [-0.4, -0.2) is 13.7 Å². The Morgan fingerprint density at radius 2 is 0.504 bits per heavy atom. The summed E-state index contributed by atoms with van der Waals surface area (Å²) >= 11 is 11.4. The van der Waals surface area contributed by atoms with Crippen molar-refractivity contribution in [1.82, 2.24) is 13.7 Å². The van der Waals surface area contributed by atoms with Crippen LogP contribution in [0.2, 0.25) is 0 Å². The highest BCUT2D eigenvalue weighted by Crippen LogP contribution is 2.51. The average molecular weight is 1600 g/mol. The molecule has 0 fully saturated rings. The van der Waals surface area contributed by atoms with Gasteiger partial charge in [0, 0.05) is 124 Å². The Kier molecular flexibility index (Phi) is 15.3. The highest BCUT2D eigenvalue weighted by Gasteiger charge is 2.25. The third-order valence-electron chi connectivity index (χ3n) is 23.9. The largest absolute Gasteiger partial charge is 0.308 e. The minimum Gasteiger partial charge on any atom is -0.308 e. The maximum atomic E-state index is 2.45. The molecule has 3 nitrogen and oxygen atoms in total. The quantitative estimate of drug-likeness (QED) is 0.158. The number of fused-ring (bicyclic) bond motifs is 27. The lowest BCUT2D eigenvalue weighted by atomic mass is 9.99. The van der Waals surface area contributed by atoms with Gasteiger partial charge >= 0.3 is 0 Å². The van der Waals surface area contributed by atoms with Gasteiger partial charge in [0.05, 0.1) is 47.2 Å². The highest BCUT2D eigenvalue weighted by molar-refractivity contribution is 7.29. The molecular weight excluding hydrogens is 1530 g/mol. The first-order valence-corrected chi connectivity index (χ1v) is 44.5. The normalized spacial score (nSPS) is 12.1. The SMILES string of the molecule is c1ccc(-n2c3ccccc3c3sc4c(-c5ccc6c(c5)sc5cc7ccccc7cc56)cccc4c32)cc1.c1ccc(-n2c3ccccc3c3sc4ccc(-c5ccc6c(c5)sc5cc7ccccc7cc56)cc4c32)cc1.c1ccc(-n2c3ccccc3c3sc4cccc(-c5ccc6c(c5)sc5cc7ccccc7cc56)c4c32)cc1. The van der Waals surface area contributed by atoms with Gasteiger partial charge in [-0.05, 0) is 193 Å². The molecule has 9 heterocycles. The van der Waals surface area contributed by atoms with Crippen molar-refractivity contribution < 1.29 is 0 Å². The molecule has 0 radical (unpaired) electrons. The molecule has 117 heavy (non-hydrogen) atoms. The number of benzene rings is 18. The molecule has 9 heteroatoms. The molecule has 18 aromatic carbocycles. The summed E-state index contributed by atoms with van der Waals surface area (Å²) in [4.78, 5) is 0. The molecule has 0 aliphatic rings. The first kappa shape index (κ1) is 67.1. The van der Waals surface area contributed by atoms with Crippen LogP contribution in [0.3, 0.4) is 0 Å². The molecule has 0 saturated carbocycles. The summed E-state index contributed by atoms with van der Waals surface area (Å²) < 4.78 is 23.5. The predicted octanol–water partition coefficient (Wildman–Crippen LogP) is 33.6. The molecule has 0 saturated heterocycles. The molecular formula is C108H63N3S6. The van der Waals surface area contributed by atoms with E-state index in [9.17, 15) is 0 Å². The number of rotatable bonds is 6. The molecule has 0 spiro atoms. The van der Waals surface area contributed by atoms with Gasteiger partial charge in [-0.2, -0.15) is 0 Å². The van der Waals surface area contributed by atoms with Gasteiger partial charge in [-0.25, -0.2) is 0 Å². The standard InChI is InChI=1S/3C36H21NS2/c1-2-11-25(12-3-1)37-31-16-7-6-13-28(31)36-34(37)29-15-8-14-26(35(29)39-36)24-17-18-27-30-19-22-9-4-5-10-23(22)20-33(30)38-32(27)21-24;1-2-11-25(12-3-1)37-30-15-7-6-13-28(30)36-35(37)34-26(14-8-16-31(34)39-36)24-17-18-27-29-19-22-9-4-5-10-23(22)20-33(29)38-32(27)21-24;1-2-10-26(11-3-1)37-31-13-7-6-12-28(31)36-35(37)30-19-24(15-17-32(30)39-36)25-14-16-27-29-18-22-8-4-5-9-23(22)20-34(29)38-33(27)21-25/h3*1-21H. The van der Waals surface area contributed by atoms with Crippen LogP contribution in [0.5, 0.6) is 0 Å². The average Bonchev–Trinajstić information content (AvgIpc) is 1.58. The molecule has 9 aromatic heterocycles. The Morgan fingerprint density at radius 1 is 0.162 bits per heavy atom. The van der Waals surface area contributed by atoms with E-state index in [0.717, 1.165) is 0 Å². The van der Waals surface area contributed by atoms with E-state index in [1.807, 2.05) is 68.0 Å². The lowest BCUT2D eigenvalue weighted by molar-refractivity contribution is 1.19. The summed E-state index contributed by atoms with van der Waals surface area (Å²) in [6, 6.07) is 140. The van der Waals surface area contributed by atoms with E-state index >= 15 is 0 Å². The lowest BCUT2D eigenvalue weighted by Gasteiger charge is -2.10. The Hall–Kier alpha value is -13.3. The van der Waals surface area contributed by atoms with Crippen molar-refractivity contribution in [2.75, 3.05) is 0 Å².